The number of anilines is 2. The van der Waals surface area contributed by atoms with Gasteiger partial charge in [0.25, 0.3) is 5.78 Å². The van der Waals surface area contributed by atoms with Crippen molar-refractivity contribution in [1.82, 2.24) is 0 Å². The third-order valence-corrected chi connectivity index (χ3v) is 4.71. The van der Waals surface area contributed by atoms with E-state index in [0.717, 1.165) is 0 Å². The molecule has 3 aromatic rings. The Morgan fingerprint density at radius 3 is 1.96 bits per heavy atom. The van der Waals surface area contributed by atoms with E-state index in [4.69, 9.17) is 0 Å². The number of benzene rings is 3. The molecular formula is C21H14N2O4. The standard InChI is InChI=1S/C21H14N2O4/c24-19-17-13-7-8-14-18(17)22(16-11-5-2-6-12-16)20(25)21(19,23(26)27)15-9-3-1-4-10-15/h1-14H/t21-/m1/s1. The van der Waals surface area contributed by atoms with Gasteiger partial charge in [0.05, 0.1) is 11.3 Å². The first-order chi connectivity index (χ1) is 13.1. The molecule has 0 saturated carbocycles. The Bertz CT molecular complexity index is 1050. The molecule has 1 heterocycles. The molecule has 0 fully saturated rings. The fraction of sp³-hybridized carbons (Fsp3) is 0.0476. The van der Waals surface area contributed by atoms with Crippen molar-refractivity contribution in [2.24, 2.45) is 0 Å². The van der Waals surface area contributed by atoms with Crippen molar-refractivity contribution in [2.45, 2.75) is 5.54 Å². The number of rotatable bonds is 3. The highest BCUT2D eigenvalue weighted by atomic mass is 16.6. The van der Waals surface area contributed by atoms with Gasteiger partial charge in [-0.15, -0.1) is 0 Å². The molecule has 0 aromatic heterocycles. The highest BCUT2D eigenvalue weighted by Crippen LogP contribution is 2.43. The molecule has 0 aliphatic carbocycles. The number of hydrogen-bond acceptors (Lipinski definition) is 4. The van der Waals surface area contributed by atoms with Crippen molar-refractivity contribution in [1.29, 1.82) is 0 Å². The Kier molecular flexibility index (Phi) is 3.81. The summed E-state index contributed by atoms with van der Waals surface area (Å²) in [4.78, 5) is 39.5. The van der Waals surface area contributed by atoms with Gasteiger partial charge in [0.15, 0.2) is 0 Å². The van der Waals surface area contributed by atoms with Crippen LogP contribution in [0.5, 0.6) is 0 Å². The van der Waals surface area contributed by atoms with Crippen LogP contribution in [0.15, 0.2) is 84.9 Å². The largest absolute Gasteiger partial charge is 0.385 e. The Hall–Kier alpha value is -3.80. The van der Waals surface area contributed by atoms with Crippen molar-refractivity contribution in [3.63, 3.8) is 0 Å². The van der Waals surface area contributed by atoms with Gasteiger partial charge in [-0.1, -0.05) is 60.7 Å². The Labute approximate surface area is 154 Å². The number of para-hydroxylation sites is 2. The monoisotopic (exact) mass is 358 g/mol. The van der Waals surface area contributed by atoms with Crippen molar-refractivity contribution < 1.29 is 14.5 Å². The van der Waals surface area contributed by atoms with Crippen LogP contribution in [-0.4, -0.2) is 16.6 Å². The third-order valence-electron chi connectivity index (χ3n) is 4.71. The van der Waals surface area contributed by atoms with Gasteiger partial charge in [-0.05, 0) is 24.3 Å². The maximum absolute atomic E-state index is 13.5. The molecule has 0 radical (unpaired) electrons. The molecule has 132 valence electrons. The van der Waals surface area contributed by atoms with E-state index in [9.17, 15) is 19.7 Å². The minimum absolute atomic E-state index is 0.0421. The maximum atomic E-state index is 13.5. The molecule has 0 saturated heterocycles. The molecule has 0 bridgehead atoms. The predicted molar refractivity (Wildman–Crippen MR) is 99.5 cm³/mol. The van der Waals surface area contributed by atoms with E-state index in [1.165, 1.54) is 23.1 Å². The first kappa shape index (κ1) is 16.7. The van der Waals surface area contributed by atoms with Gasteiger partial charge in [0.1, 0.15) is 0 Å². The lowest BCUT2D eigenvalue weighted by molar-refractivity contribution is -0.541. The van der Waals surface area contributed by atoms with Crippen LogP contribution in [0, 0.1) is 10.1 Å². The molecular weight excluding hydrogens is 344 g/mol. The summed E-state index contributed by atoms with van der Waals surface area (Å²) >= 11 is 0. The van der Waals surface area contributed by atoms with Crippen LogP contribution in [0.4, 0.5) is 11.4 Å². The molecule has 3 aromatic carbocycles. The van der Waals surface area contributed by atoms with Crippen molar-refractivity contribution in [3.05, 3.63) is 106 Å². The van der Waals surface area contributed by atoms with Gasteiger partial charge in [-0.25, -0.2) is 0 Å². The first-order valence-electron chi connectivity index (χ1n) is 8.32. The minimum Gasteiger partial charge on any atom is -0.285 e. The zero-order chi connectivity index (χ0) is 19.0. The summed E-state index contributed by atoms with van der Waals surface area (Å²) in [5.74, 6) is -1.72. The van der Waals surface area contributed by atoms with Crippen molar-refractivity contribution in [2.75, 3.05) is 4.90 Å². The molecule has 1 amide bonds. The van der Waals surface area contributed by atoms with Crippen LogP contribution in [0.2, 0.25) is 0 Å². The summed E-state index contributed by atoms with van der Waals surface area (Å²) in [6, 6.07) is 22.8. The lowest BCUT2D eigenvalue weighted by Crippen LogP contribution is -2.59. The molecule has 1 atom stereocenters. The van der Waals surface area contributed by atoms with Crippen LogP contribution < -0.4 is 4.90 Å². The van der Waals surface area contributed by atoms with Crippen molar-refractivity contribution >= 4 is 23.1 Å². The number of Topliss-reactive ketones (excluding diaryl/α,β-unsaturated/α-hetero) is 1. The average molecular weight is 358 g/mol. The van der Waals surface area contributed by atoms with Crippen LogP contribution in [-0.2, 0) is 10.3 Å². The van der Waals surface area contributed by atoms with E-state index < -0.39 is 22.2 Å². The molecule has 6 nitrogen and oxygen atoms in total. The average Bonchev–Trinajstić information content (AvgIpc) is 2.70. The van der Waals surface area contributed by atoms with Crippen molar-refractivity contribution in [3.8, 4) is 0 Å². The summed E-state index contributed by atoms with van der Waals surface area (Å²) in [5, 5.41) is 12.2. The SMILES string of the molecule is O=C1c2ccccc2N(c2ccccc2)C(=O)[C@]1(c1ccccc1)[N+](=O)[O-]. The molecule has 6 heteroatoms. The van der Waals surface area contributed by atoms with Crippen LogP contribution >= 0.6 is 0 Å². The molecule has 4 rings (SSSR count). The summed E-state index contributed by atoms with van der Waals surface area (Å²) in [6.07, 6.45) is 0. The number of carbonyl (C=O) groups is 2. The quantitative estimate of drug-likeness (QED) is 0.406. The normalized spacial score (nSPS) is 18.9. The van der Waals surface area contributed by atoms with E-state index in [1.807, 2.05) is 0 Å². The lowest BCUT2D eigenvalue weighted by Gasteiger charge is -2.36. The van der Waals surface area contributed by atoms with E-state index in [1.54, 1.807) is 66.7 Å². The van der Waals surface area contributed by atoms with Gasteiger partial charge < -0.3 is 0 Å². The minimum atomic E-state index is -2.52. The highest BCUT2D eigenvalue weighted by molar-refractivity contribution is 6.29. The second-order valence-electron chi connectivity index (χ2n) is 6.16. The number of carbonyl (C=O) groups excluding carboxylic acids is 2. The number of fused-ring (bicyclic) bond motifs is 1. The fourth-order valence-corrected chi connectivity index (χ4v) is 3.46. The zero-order valence-corrected chi connectivity index (χ0v) is 14.1. The van der Waals surface area contributed by atoms with Gasteiger partial charge >= 0.3 is 11.4 Å². The smallest absolute Gasteiger partial charge is 0.285 e. The third kappa shape index (κ3) is 2.27. The molecule has 1 aliphatic rings. The van der Waals surface area contributed by atoms with Gasteiger partial charge in [0, 0.05) is 16.2 Å². The fourth-order valence-electron chi connectivity index (χ4n) is 3.46. The topological polar surface area (TPSA) is 80.5 Å². The number of nitro groups is 1. The number of ketones is 1. The maximum Gasteiger partial charge on any atom is 0.385 e. The number of amides is 1. The van der Waals surface area contributed by atoms with Crippen LogP contribution in [0.25, 0.3) is 0 Å². The van der Waals surface area contributed by atoms with Crippen LogP contribution in [0.1, 0.15) is 15.9 Å². The van der Waals surface area contributed by atoms with Gasteiger partial charge in [-0.2, -0.15) is 0 Å². The lowest BCUT2D eigenvalue weighted by atomic mass is 9.78. The predicted octanol–water partition coefficient (Wildman–Crippen LogP) is 3.72. The van der Waals surface area contributed by atoms with E-state index in [2.05, 4.69) is 0 Å². The highest BCUT2D eigenvalue weighted by Gasteiger charge is 2.65. The van der Waals surface area contributed by atoms with E-state index in [-0.39, 0.29) is 11.1 Å². The zero-order valence-electron chi connectivity index (χ0n) is 14.1. The summed E-state index contributed by atoms with van der Waals surface area (Å²) in [6.45, 7) is 0. The molecule has 27 heavy (non-hydrogen) atoms. The summed E-state index contributed by atoms with van der Waals surface area (Å²) in [5.41, 5.74) is -1.54. The summed E-state index contributed by atoms with van der Waals surface area (Å²) in [7, 11) is 0. The van der Waals surface area contributed by atoms with E-state index >= 15 is 0 Å². The Balaban J connectivity index is 2.07. The Morgan fingerprint density at radius 1 is 0.778 bits per heavy atom. The Morgan fingerprint density at radius 2 is 1.33 bits per heavy atom. The van der Waals surface area contributed by atoms with Gasteiger partial charge in [0.2, 0.25) is 0 Å². The van der Waals surface area contributed by atoms with E-state index in [0.29, 0.717) is 11.4 Å². The number of hydrogen-bond donors (Lipinski definition) is 0. The summed E-state index contributed by atoms with van der Waals surface area (Å²) < 4.78 is 0. The molecule has 1 aliphatic heterocycles. The second-order valence-corrected chi connectivity index (χ2v) is 6.16. The second kappa shape index (κ2) is 6.17. The van der Waals surface area contributed by atoms with Crippen LogP contribution in [0.3, 0.4) is 0 Å². The molecule has 0 unspecified atom stereocenters. The molecule has 0 N–H and O–H groups in total. The first-order valence-corrected chi connectivity index (χ1v) is 8.32. The number of nitrogens with zero attached hydrogens (tertiary/aromatic N) is 2. The van der Waals surface area contributed by atoms with Gasteiger partial charge in [-0.3, -0.25) is 24.6 Å². The molecule has 0 spiro atoms.